The minimum atomic E-state index is -0.542. The van der Waals surface area contributed by atoms with Gasteiger partial charge in [0.2, 0.25) is 5.91 Å². The third-order valence-corrected chi connectivity index (χ3v) is 3.32. The van der Waals surface area contributed by atoms with Crippen molar-refractivity contribution >= 4 is 29.2 Å². The van der Waals surface area contributed by atoms with Gasteiger partial charge in [-0.05, 0) is 19.1 Å². The van der Waals surface area contributed by atoms with Crippen molar-refractivity contribution in [3.63, 3.8) is 0 Å². The number of aromatic amines is 1. The molecule has 3 N–H and O–H groups in total. The Labute approximate surface area is 115 Å². The zero-order valence-electron chi connectivity index (χ0n) is 10.9. The number of primary amides is 1. The highest BCUT2D eigenvalue weighted by Gasteiger charge is 2.18. The van der Waals surface area contributed by atoms with E-state index in [1.54, 1.807) is 37.8 Å². The molecule has 0 bridgehead atoms. The quantitative estimate of drug-likeness (QED) is 0.837. The molecule has 1 amide bonds. The van der Waals surface area contributed by atoms with Crippen LogP contribution in [0.25, 0.3) is 11.0 Å². The molecule has 6 nitrogen and oxygen atoms in total. The second kappa shape index (κ2) is 4.93. The Morgan fingerprint density at radius 3 is 2.47 bits per heavy atom. The molecule has 0 spiro atoms. The van der Waals surface area contributed by atoms with Gasteiger partial charge in [0.15, 0.2) is 16.3 Å². The van der Waals surface area contributed by atoms with Crippen molar-refractivity contribution in [2.45, 2.75) is 13.0 Å². The molecule has 19 heavy (non-hydrogen) atoms. The van der Waals surface area contributed by atoms with E-state index < -0.39 is 11.9 Å². The second-order valence-corrected chi connectivity index (χ2v) is 4.49. The molecule has 2 rings (SSSR count). The Morgan fingerprint density at radius 1 is 1.37 bits per heavy atom. The zero-order valence-corrected chi connectivity index (χ0v) is 11.7. The van der Waals surface area contributed by atoms with Crippen LogP contribution < -0.4 is 15.2 Å². The number of ether oxygens (including phenoxy) is 2. The van der Waals surface area contributed by atoms with Gasteiger partial charge in [0.05, 0.1) is 25.3 Å². The lowest BCUT2D eigenvalue weighted by molar-refractivity contribution is -0.120. The number of rotatable bonds is 4. The lowest BCUT2D eigenvalue weighted by Crippen LogP contribution is -2.23. The van der Waals surface area contributed by atoms with Gasteiger partial charge in [-0.15, -0.1) is 0 Å². The van der Waals surface area contributed by atoms with E-state index in [0.717, 1.165) is 11.0 Å². The van der Waals surface area contributed by atoms with E-state index in [2.05, 4.69) is 4.98 Å². The summed E-state index contributed by atoms with van der Waals surface area (Å²) in [5.74, 6) is 0.700. The van der Waals surface area contributed by atoms with E-state index in [9.17, 15) is 4.79 Å². The van der Waals surface area contributed by atoms with Gasteiger partial charge < -0.3 is 24.8 Å². The number of hydrogen-bond acceptors (Lipinski definition) is 4. The molecular formula is C12H15N3O3S. The molecule has 0 aliphatic carbocycles. The van der Waals surface area contributed by atoms with Crippen molar-refractivity contribution in [1.82, 2.24) is 9.55 Å². The van der Waals surface area contributed by atoms with Gasteiger partial charge in [-0.25, -0.2) is 0 Å². The van der Waals surface area contributed by atoms with E-state index in [1.165, 1.54) is 0 Å². The van der Waals surface area contributed by atoms with Gasteiger partial charge in [-0.1, -0.05) is 0 Å². The monoisotopic (exact) mass is 281 g/mol. The van der Waals surface area contributed by atoms with Gasteiger partial charge >= 0.3 is 0 Å². The molecule has 2 aromatic rings. The number of nitrogens with zero attached hydrogens (tertiary/aromatic N) is 1. The Kier molecular flexibility index (Phi) is 3.48. The largest absolute Gasteiger partial charge is 0.493 e. The van der Waals surface area contributed by atoms with Crippen LogP contribution in [-0.4, -0.2) is 29.7 Å². The molecule has 7 heteroatoms. The van der Waals surface area contributed by atoms with Crippen molar-refractivity contribution in [3.05, 3.63) is 16.9 Å². The van der Waals surface area contributed by atoms with Gasteiger partial charge in [-0.3, -0.25) is 4.79 Å². The molecule has 0 saturated heterocycles. The van der Waals surface area contributed by atoms with Gasteiger partial charge in [0.25, 0.3) is 0 Å². The smallest absolute Gasteiger partial charge is 0.240 e. The van der Waals surface area contributed by atoms with E-state index in [4.69, 9.17) is 27.4 Å². The fraction of sp³-hybridized carbons (Fsp3) is 0.333. The lowest BCUT2D eigenvalue weighted by atomic mass is 10.2. The zero-order chi connectivity index (χ0) is 14.2. The molecule has 1 aromatic heterocycles. The summed E-state index contributed by atoms with van der Waals surface area (Å²) in [6.45, 7) is 1.70. The maximum Gasteiger partial charge on any atom is 0.240 e. The number of fused-ring (bicyclic) bond motifs is 1. The maximum absolute atomic E-state index is 11.4. The normalized spacial score (nSPS) is 12.4. The molecule has 0 aliphatic rings. The van der Waals surface area contributed by atoms with Crippen LogP contribution in [0.15, 0.2) is 12.1 Å². The minimum Gasteiger partial charge on any atom is -0.493 e. The molecule has 1 atom stereocenters. The van der Waals surface area contributed by atoms with E-state index in [-0.39, 0.29) is 0 Å². The molecule has 0 fully saturated rings. The summed E-state index contributed by atoms with van der Waals surface area (Å²) in [4.78, 5) is 14.4. The first kappa shape index (κ1) is 13.4. The third kappa shape index (κ3) is 2.17. The van der Waals surface area contributed by atoms with Crippen LogP contribution in [0.3, 0.4) is 0 Å². The number of imidazole rings is 1. The Morgan fingerprint density at radius 2 is 1.95 bits per heavy atom. The number of amides is 1. The molecule has 1 heterocycles. The topological polar surface area (TPSA) is 82.3 Å². The number of benzene rings is 1. The number of H-pyrrole nitrogens is 1. The van der Waals surface area contributed by atoms with Crippen LogP contribution in [0.5, 0.6) is 11.5 Å². The van der Waals surface area contributed by atoms with Gasteiger partial charge in [-0.2, -0.15) is 0 Å². The van der Waals surface area contributed by atoms with Crippen LogP contribution >= 0.6 is 12.2 Å². The van der Waals surface area contributed by atoms with E-state index in [1.807, 2.05) is 0 Å². The Hall–Kier alpha value is -2.02. The van der Waals surface area contributed by atoms with Crippen molar-refractivity contribution in [2.24, 2.45) is 5.73 Å². The first-order valence-electron chi connectivity index (χ1n) is 5.65. The fourth-order valence-corrected chi connectivity index (χ4v) is 2.33. The summed E-state index contributed by atoms with van der Waals surface area (Å²) in [6, 6.07) is 2.99. The maximum atomic E-state index is 11.4. The second-order valence-electron chi connectivity index (χ2n) is 4.10. The first-order chi connectivity index (χ1) is 8.99. The number of nitrogens with one attached hydrogen (secondary N) is 1. The van der Waals surface area contributed by atoms with Crippen LogP contribution in [0.2, 0.25) is 0 Å². The Balaban J connectivity index is 2.76. The van der Waals surface area contributed by atoms with Crippen molar-refractivity contribution in [3.8, 4) is 11.5 Å². The van der Waals surface area contributed by atoms with Crippen LogP contribution in [-0.2, 0) is 4.79 Å². The number of carbonyl (C=O) groups is 1. The highest BCUT2D eigenvalue weighted by molar-refractivity contribution is 7.71. The molecule has 0 saturated carbocycles. The number of nitrogens with two attached hydrogens (primary N) is 1. The predicted molar refractivity (Wildman–Crippen MR) is 74.1 cm³/mol. The molecular weight excluding hydrogens is 266 g/mol. The molecule has 0 radical (unpaired) electrons. The Bertz CT molecular complexity index is 689. The van der Waals surface area contributed by atoms with Crippen LogP contribution in [0, 0.1) is 4.77 Å². The third-order valence-electron chi connectivity index (χ3n) is 3.02. The summed E-state index contributed by atoms with van der Waals surface area (Å²) in [6.07, 6.45) is 0. The predicted octanol–water partition coefficient (Wildman–Crippen LogP) is 1.76. The SMILES string of the molecule is COc1cc2[nH]c(=S)n(C(C)C(N)=O)c2cc1OC. The van der Waals surface area contributed by atoms with Crippen LogP contribution in [0.1, 0.15) is 13.0 Å². The molecule has 0 aliphatic heterocycles. The summed E-state index contributed by atoms with van der Waals surface area (Å²) in [5, 5.41) is 0. The average molecular weight is 281 g/mol. The number of aromatic nitrogens is 2. The summed E-state index contributed by atoms with van der Waals surface area (Å²) < 4.78 is 12.6. The first-order valence-corrected chi connectivity index (χ1v) is 6.06. The van der Waals surface area contributed by atoms with Crippen molar-refractivity contribution in [1.29, 1.82) is 0 Å². The van der Waals surface area contributed by atoms with Gasteiger partial charge in [0.1, 0.15) is 6.04 Å². The van der Waals surface area contributed by atoms with Crippen molar-refractivity contribution in [2.75, 3.05) is 14.2 Å². The standard InChI is InChI=1S/C12H15N3O3S/c1-6(11(13)16)15-8-5-10(18-3)9(17-2)4-7(8)14-12(15)19/h4-6H,1-3H3,(H2,13,16)(H,14,19). The summed E-state index contributed by atoms with van der Waals surface area (Å²) in [5.41, 5.74) is 6.84. The van der Waals surface area contributed by atoms with Gasteiger partial charge in [0, 0.05) is 12.1 Å². The molecule has 1 unspecified atom stereocenters. The fourth-order valence-electron chi connectivity index (χ4n) is 1.96. The highest BCUT2D eigenvalue weighted by atomic mass is 32.1. The summed E-state index contributed by atoms with van der Waals surface area (Å²) >= 11 is 5.23. The van der Waals surface area contributed by atoms with E-state index in [0.29, 0.717) is 16.3 Å². The summed E-state index contributed by atoms with van der Waals surface area (Å²) in [7, 11) is 3.11. The molecule has 1 aromatic carbocycles. The minimum absolute atomic E-state index is 0.427. The molecule has 102 valence electrons. The number of methoxy groups -OCH3 is 2. The van der Waals surface area contributed by atoms with Crippen LogP contribution in [0.4, 0.5) is 0 Å². The van der Waals surface area contributed by atoms with Crippen molar-refractivity contribution < 1.29 is 14.3 Å². The highest BCUT2D eigenvalue weighted by Crippen LogP contribution is 2.32. The number of carbonyl (C=O) groups excluding carboxylic acids is 1. The average Bonchev–Trinajstić information content (AvgIpc) is 2.70. The van der Waals surface area contributed by atoms with E-state index >= 15 is 0 Å². The lowest BCUT2D eigenvalue weighted by Gasteiger charge is -2.12. The number of hydrogen-bond donors (Lipinski definition) is 2.